The minimum absolute atomic E-state index is 0.00209. The van der Waals surface area contributed by atoms with E-state index in [1.807, 2.05) is 29.3 Å². The van der Waals surface area contributed by atoms with Gasteiger partial charge in [-0.1, -0.05) is 6.07 Å². The van der Waals surface area contributed by atoms with E-state index in [1.54, 1.807) is 35.6 Å². The SMILES string of the molecule is CC1COCCN1C(=O)c1ccc(NC(=O)Cc2cccs2)cc1. The zero-order valence-corrected chi connectivity index (χ0v) is 14.3. The van der Waals surface area contributed by atoms with E-state index in [2.05, 4.69) is 5.32 Å². The first kappa shape index (κ1) is 16.7. The standard InChI is InChI=1S/C18H20N2O3S/c1-13-12-23-9-8-20(13)18(22)14-4-6-15(7-5-14)19-17(21)11-16-3-2-10-24-16/h2-7,10,13H,8-9,11-12H2,1H3,(H,19,21). The summed E-state index contributed by atoms with van der Waals surface area (Å²) in [5.41, 5.74) is 1.32. The number of hydrogen-bond donors (Lipinski definition) is 1. The largest absolute Gasteiger partial charge is 0.377 e. The molecule has 1 aromatic carbocycles. The Balaban J connectivity index is 1.60. The average molecular weight is 344 g/mol. The predicted octanol–water partition coefficient (Wildman–Crippen LogP) is 2.79. The minimum atomic E-state index is -0.0571. The van der Waals surface area contributed by atoms with Gasteiger partial charge in [-0.2, -0.15) is 0 Å². The Morgan fingerprint density at radius 1 is 1.29 bits per heavy atom. The van der Waals surface area contributed by atoms with Gasteiger partial charge in [0.25, 0.3) is 5.91 Å². The minimum Gasteiger partial charge on any atom is -0.377 e. The fraction of sp³-hybridized carbons (Fsp3) is 0.333. The normalized spacial score (nSPS) is 17.5. The number of hydrogen-bond acceptors (Lipinski definition) is 4. The van der Waals surface area contributed by atoms with Gasteiger partial charge in [0.1, 0.15) is 0 Å². The Bertz CT molecular complexity index is 698. The molecule has 0 spiro atoms. The highest BCUT2D eigenvalue weighted by Gasteiger charge is 2.24. The molecule has 1 N–H and O–H groups in total. The van der Waals surface area contributed by atoms with Crippen molar-refractivity contribution in [2.24, 2.45) is 0 Å². The maximum absolute atomic E-state index is 12.5. The summed E-state index contributed by atoms with van der Waals surface area (Å²) in [6.07, 6.45) is 0.365. The summed E-state index contributed by atoms with van der Waals surface area (Å²) in [6, 6.07) is 11.0. The lowest BCUT2D eigenvalue weighted by molar-refractivity contribution is -0.115. The number of carbonyl (C=O) groups excluding carboxylic acids is 2. The van der Waals surface area contributed by atoms with Gasteiger partial charge in [-0.3, -0.25) is 9.59 Å². The summed E-state index contributed by atoms with van der Waals surface area (Å²) in [7, 11) is 0. The van der Waals surface area contributed by atoms with Crippen LogP contribution >= 0.6 is 11.3 Å². The van der Waals surface area contributed by atoms with E-state index in [4.69, 9.17) is 4.74 Å². The van der Waals surface area contributed by atoms with Crippen molar-refractivity contribution in [3.8, 4) is 0 Å². The molecule has 1 fully saturated rings. The van der Waals surface area contributed by atoms with E-state index in [0.717, 1.165) is 4.88 Å². The molecule has 5 nitrogen and oxygen atoms in total. The van der Waals surface area contributed by atoms with Crippen molar-refractivity contribution in [1.29, 1.82) is 0 Å². The fourth-order valence-corrected chi connectivity index (χ4v) is 3.37. The second-order valence-corrected chi connectivity index (χ2v) is 6.84. The number of benzene rings is 1. The van der Waals surface area contributed by atoms with Gasteiger partial charge in [-0.15, -0.1) is 11.3 Å². The number of amides is 2. The lowest BCUT2D eigenvalue weighted by atomic mass is 10.1. The summed E-state index contributed by atoms with van der Waals surface area (Å²) in [6.45, 7) is 3.74. The van der Waals surface area contributed by atoms with Crippen LogP contribution in [0.3, 0.4) is 0 Å². The van der Waals surface area contributed by atoms with Gasteiger partial charge in [0, 0.05) is 22.7 Å². The highest BCUT2D eigenvalue weighted by atomic mass is 32.1. The molecule has 1 aromatic heterocycles. The molecule has 24 heavy (non-hydrogen) atoms. The van der Waals surface area contributed by atoms with E-state index >= 15 is 0 Å². The topological polar surface area (TPSA) is 58.6 Å². The number of carbonyl (C=O) groups is 2. The number of nitrogens with one attached hydrogen (secondary N) is 1. The Morgan fingerprint density at radius 3 is 2.75 bits per heavy atom. The van der Waals surface area contributed by atoms with Crippen molar-refractivity contribution in [3.05, 3.63) is 52.2 Å². The predicted molar refractivity (Wildman–Crippen MR) is 94.4 cm³/mol. The van der Waals surface area contributed by atoms with Crippen LogP contribution in [-0.4, -0.2) is 42.5 Å². The van der Waals surface area contributed by atoms with Gasteiger partial charge in [-0.25, -0.2) is 0 Å². The molecule has 1 aliphatic rings. The lowest BCUT2D eigenvalue weighted by Crippen LogP contribution is -2.47. The number of ether oxygens (including phenoxy) is 1. The zero-order valence-electron chi connectivity index (χ0n) is 13.5. The molecule has 2 aromatic rings. The molecule has 2 amide bonds. The number of morpholine rings is 1. The second kappa shape index (κ2) is 7.59. The van der Waals surface area contributed by atoms with Crippen molar-refractivity contribution >= 4 is 28.8 Å². The van der Waals surface area contributed by atoms with Crippen LogP contribution in [0.15, 0.2) is 41.8 Å². The van der Waals surface area contributed by atoms with E-state index in [-0.39, 0.29) is 17.9 Å². The quantitative estimate of drug-likeness (QED) is 0.928. The maximum Gasteiger partial charge on any atom is 0.254 e. The summed E-state index contributed by atoms with van der Waals surface area (Å²) in [5.74, 6) is -0.0550. The van der Waals surface area contributed by atoms with Crippen LogP contribution in [0.1, 0.15) is 22.2 Å². The van der Waals surface area contributed by atoms with Crippen LogP contribution in [0, 0.1) is 0 Å². The first-order valence-electron chi connectivity index (χ1n) is 7.94. The van der Waals surface area contributed by atoms with Crippen molar-refractivity contribution in [2.75, 3.05) is 25.1 Å². The summed E-state index contributed by atoms with van der Waals surface area (Å²) >= 11 is 1.56. The summed E-state index contributed by atoms with van der Waals surface area (Å²) in [4.78, 5) is 27.4. The number of rotatable bonds is 4. The third-order valence-electron chi connectivity index (χ3n) is 3.96. The Kier molecular flexibility index (Phi) is 5.27. The molecule has 126 valence electrons. The van der Waals surface area contributed by atoms with Crippen LogP contribution in [0.2, 0.25) is 0 Å². The molecule has 0 bridgehead atoms. The highest BCUT2D eigenvalue weighted by molar-refractivity contribution is 7.10. The van der Waals surface area contributed by atoms with Gasteiger partial charge in [0.15, 0.2) is 0 Å². The Hall–Kier alpha value is -2.18. The molecule has 6 heteroatoms. The molecular weight excluding hydrogens is 324 g/mol. The van der Waals surface area contributed by atoms with Crippen LogP contribution < -0.4 is 5.32 Å². The van der Waals surface area contributed by atoms with Gasteiger partial charge in [0.05, 0.1) is 25.7 Å². The second-order valence-electron chi connectivity index (χ2n) is 5.80. The molecule has 1 atom stereocenters. The maximum atomic E-state index is 12.5. The molecule has 1 saturated heterocycles. The Morgan fingerprint density at radius 2 is 2.08 bits per heavy atom. The third kappa shape index (κ3) is 4.01. The molecule has 0 saturated carbocycles. The fourth-order valence-electron chi connectivity index (χ4n) is 2.67. The zero-order chi connectivity index (χ0) is 16.9. The lowest BCUT2D eigenvalue weighted by Gasteiger charge is -2.33. The van der Waals surface area contributed by atoms with Gasteiger partial charge in [0.2, 0.25) is 5.91 Å². The molecule has 1 aliphatic heterocycles. The highest BCUT2D eigenvalue weighted by Crippen LogP contribution is 2.16. The van der Waals surface area contributed by atoms with Crippen molar-refractivity contribution in [1.82, 2.24) is 4.90 Å². The van der Waals surface area contributed by atoms with E-state index in [9.17, 15) is 9.59 Å². The van der Waals surface area contributed by atoms with Gasteiger partial charge in [-0.05, 0) is 42.6 Å². The molecule has 3 rings (SSSR count). The molecule has 0 radical (unpaired) electrons. The number of anilines is 1. The van der Waals surface area contributed by atoms with Crippen LogP contribution in [-0.2, 0) is 16.0 Å². The van der Waals surface area contributed by atoms with Crippen LogP contribution in [0.5, 0.6) is 0 Å². The van der Waals surface area contributed by atoms with E-state index in [1.165, 1.54) is 0 Å². The number of thiophene rings is 1. The first-order valence-corrected chi connectivity index (χ1v) is 8.82. The smallest absolute Gasteiger partial charge is 0.254 e. The monoisotopic (exact) mass is 344 g/mol. The first-order chi connectivity index (χ1) is 11.6. The van der Waals surface area contributed by atoms with Gasteiger partial charge >= 0.3 is 0 Å². The number of nitrogens with zero attached hydrogens (tertiary/aromatic N) is 1. The molecular formula is C18H20N2O3S. The van der Waals surface area contributed by atoms with Crippen molar-refractivity contribution < 1.29 is 14.3 Å². The third-order valence-corrected chi connectivity index (χ3v) is 4.84. The van der Waals surface area contributed by atoms with E-state index < -0.39 is 0 Å². The van der Waals surface area contributed by atoms with Crippen molar-refractivity contribution in [2.45, 2.75) is 19.4 Å². The van der Waals surface area contributed by atoms with E-state index in [0.29, 0.717) is 37.4 Å². The molecule has 2 heterocycles. The molecule has 1 unspecified atom stereocenters. The van der Waals surface area contributed by atoms with Crippen LogP contribution in [0.4, 0.5) is 5.69 Å². The van der Waals surface area contributed by atoms with Crippen molar-refractivity contribution in [3.63, 3.8) is 0 Å². The molecule has 0 aliphatic carbocycles. The average Bonchev–Trinajstić information content (AvgIpc) is 3.08. The summed E-state index contributed by atoms with van der Waals surface area (Å²) in [5, 5.41) is 4.81. The van der Waals surface area contributed by atoms with Gasteiger partial charge < -0.3 is 15.0 Å². The van der Waals surface area contributed by atoms with Crippen LogP contribution in [0.25, 0.3) is 0 Å². The Labute approximate surface area is 145 Å². The summed E-state index contributed by atoms with van der Waals surface area (Å²) < 4.78 is 5.36.